The van der Waals surface area contributed by atoms with E-state index in [0.29, 0.717) is 13.1 Å². The van der Waals surface area contributed by atoms with Crippen molar-refractivity contribution in [3.63, 3.8) is 0 Å². The molecule has 1 fully saturated rings. The fourth-order valence-corrected chi connectivity index (χ4v) is 4.04. The van der Waals surface area contributed by atoms with Gasteiger partial charge in [-0.3, -0.25) is 4.79 Å². The monoisotopic (exact) mass is 306 g/mol. The van der Waals surface area contributed by atoms with E-state index in [9.17, 15) is 4.79 Å². The number of hydrogen-bond donors (Lipinski definition) is 1. The van der Waals surface area contributed by atoms with Crippen LogP contribution in [0, 0.1) is 0 Å². The van der Waals surface area contributed by atoms with E-state index in [0.717, 1.165) is 24.8 Å². The molecule has 0 saturated carbocycles. The molecule has 2 aromatic carbocycles. The number of fused-ring (bicyclic) bond motifs is 1. The Labute approximate surface area is 137 Å². The highest BCUT2D eigenvalue weighted by Crippen LogP contribution is 2.30. The zero-order valence-electron chi connectivity index (χ0n) is 13.2. The van der Waals surface area contributed by atoms with Crippen LogP contribution in [0.5, 0.6) is 0 Å². The predicted octanol–water partition coefficient (Wildman–Crippen LogP) is 2.74. The number of likely N-dealkylation sites (tertiary alicyclic amines) is 1. The first-order valence-electron chi connectivity index (χ1n) is 8.44. The summed E-state index contributed by atoms with van der Waals surface area (Å²) >= 11 is 0. The third-order valence-electron chi connectivity index (χ3n) is 5.26. The Balaban J connectivity index is 1.58. The molecule has 1 saturated heterocycles. The number of hydrogen-bond acceptors (Lipinski definition) is 2. The number of nitrogens with two attached hydrogens (primary N) is 1. The Hall–Kier alpha value is -2.13. The van der Waals surface area contributed by atoms with Crippen molar-refractivity contribution in [2.45, 2.75) is 31.2 Å². The van der Waals surface area contributed by atoms with Crippen molar-refractivity contribution in [1.29, 1.82) is 0 Å². The van der Waals surface area contributed by atoms with E-state index < -0.39 is 0 Å². The van der Waals surface area contributed by atoms with Gasteiger partial charge in [0.25, 0.3) is 5.91 Å². The Bertz CT molecular complexity index is 726. The first-order chi connectivity index (χ1) is 11.2. The average Bonchev–Trinajstić information content (AvgIpc) is 3.21. The molecule has 2 aliphatic rings. The van der Waals surface area contributed by atoms with Gasteiger partial charge in [0, 0.05) is 30.6 Å². The highest BCUT2D eigenvalue weighted by molar-refractivity contribution is 5.96. The Kier molecular flexibility index (Phi) is 3.66. The molecule has 1 aliphatic heterocycles. The molecule has 0 aromatic heterocycles. The van der Waals surface area contributed by atoms with Crippen LogP contribution in [0.2, 0.25) is 0 Å². The van der Waals surface area contributed by atoms with E-state index in [-0.39, 0.29) is 17.9 Å². The fourth-order valence-electron chi connectivity index (χ4n) is 4.04. The molecule has 1 amide bonds. The summed E-state index contributed by atoms with van der Waals surface area (Å²) in [5.41, 5.74) is 11.1. The van der Waals surface area contributed by atoms with E-state index in [1.54, 1.807) is 0 Å². The maximum Gasteiger partial charge on any atom is 0.254 e. The van der Waals surface area contributed by atoms with Crippen molar-refractivity contribution >= 4 is 5.91 Å². The molecular formula is C20H22N2O. The molecule has 0 radical (unpaired) electrons. The predicted molar refractivity (Wildman–Crippen MR) is 91.5 cm³/mol. The van der Waals surface area contributed by atoms with E-state index in [4.69, 9.17) is 5.73 Å². The van der Waals surface area contributed by atoms with Crippen LogP contribution in [0.3, 0.4) is 0 Å². The van der Waals surface area contributed by atoms with E-state index in [2.05, 4.69) is 18.2 Å². The summed E-state index contributed by atoms with van der Waals surface area (Å²) < 4.78 is 0. The molecule has 1 heterocycles. The largest absolute Gasteiger partial charge is 0.336 e. The summed E-state index contributed by atoms with van der Waals surface area (Å²) in [5.74, 6) is 0.384. The highest BCUT2D eigenvalue weighted by Gasteiger charge is 2.35. The maximum absolute atomic E-state index is 13.0. The molecule has 3 heteroatoms. The van der Waals surface area contributed by atoms with E-state index in [1.807, 2.05) is 35.2 Å². The number of aryl methyl sites for hydroxylation is 1. The standard InChI is InChI=1S/C20H22N2O/c21-19-13-22(12-18(19)15-6-2-1-3-7-15)20(23)17-11-5-9-14-8-4-10-16(14)17/h1-3,5-7,9,11,18-19H,4,8,10,12-13,21H2/t18-,19+/m0/s1. The van der Waals surface area contributed by atoms with Gasteiger partial charge in [0.1, 0.15) is 0 Å². The smallest absolute Gasteiger partial charge is 0.254 e. The third-order valence-corrected chi connectivity index (χ3v) is 5.26. The summed E-state index contributed by atoms with van der Waals surface area (Å²) in [6, 6.07) is 16.5. The molecule has 1 aliphatic carbocycles. The van der Waals surface area contributed by atoms with Gasteiger partial charge in [0.15, 0.2) is 0 Å². The fraction of sp³-hybridized carbons (Fsp3) is 0.350. The normalized spacial score (nSPS) is 23.1. The van der Waals surface area contributed by atoms with Crippen LogP contribution in [0.25, 0.3) is 0 Å². The minimum atomic E-state index is 0.0121. The van der Waals surface area contributed by atoms with Crippen LogP contribution in [-0.2, 0) is 12.8 Å². The van der Waals surface area contributed by atoms with Gasteiger partial charge < -0.3 is 10.6 Å². The molecule has 4 rings (SSSR count). The molecule has 0 unspecified atom stereocenters. The lowest BCUT2D eigenvalue weighted by Crippen LogP contribution is -2.32. The van der Waals surface area contributed by atoms with Crippen LogP contribution < -0.4 is 5.73 Å². The quantitative estimate of drug-likeness (QED) is 0.927. The van der Waals surface area contributed by atoms with Crippen molar-refractivity contribution in [3.8, 4) is 0 Å². The van der Waals surface area contributed by atoms with Crippen LogP contribution >= 0.6 is 0 Å². The van der Waals surface area contributed by atoms with Gasteiger partial charge in [-0.1, -0.05) is 42.5 Å². The molecule has 2 N–H and O–H groups in total. The molecule has 2 aromatic rings. The first-order valence-corrected chi connectivity index (χ1v) is 8.44. The van der Waals surface area contributed by atoms with E-state index >= 15 is 0 Å². The Morgan fingerprint density at radius 1 is 1.00 bits per heavy atom. The molecule has 0 bridgehead atoms. The lowest BCUT2D eigenvalue weighted by Gasteiger charge is -2.18. The minimum Gasteiger partial charge on any atom is -0.336 e. The molecule has 0 spiro atoms. The number of benzene rings is 2. The van der Waals surface area contributed by atoms with Gasteiger partial charge >= 0.3 is 0 Å². The average molecular weight is 306 g/mol. The van der Waals surface area contributed by atoms with Crippen molar-refractivity contribution < 1.29 is 4.79 Å². The van der Waals surface area contributed by atoms with Crippen LogP contribution in [0.4, 0.5) is 0 Å². The molecule has 2 atom stereocenters. The van der Waals surface area contributed by atoms with Crippen molar-refractivity contribution in [1.82, 2.24) is 4.90 Å². The zero-order valence-corrected chi connectivity index (χ0v) is 13.2. The van der Waals surface area contributed by atoms with Gasteiger partial charge in [-0.25, -0.2) is 0 Å². The third kappa shape index (κ3) is 2.55. The molecule has 23 heavy (non-hydrogen) atoms. The number of carbonyl (C=O) groups excluding carboxylic acids is 1. The number of rotatable bonds is 2. The van der Waals surface area contributed by atoms with Crippen molar-refractivity contribution in [3.05, 3.63) is 70.8 Å². The highest BCUT2D eigenvalue weighted by atomic mass is 16.2. The van der Waals surface area contributed by atoms with E-state index in [1.165, 1.54) is 16.7 Å². The number of carbonyl (C=O) groups is 1. The van der Waals surface area contributed by atoms with Crippen molar-refractivity contribution in [2.75, 3.05) is 13.1 Å². The Morgan fingerprint density at radius 3 is 2.65 bits per heavy atom. The Morgan fingerprint density at radius 2 is 1.83 bits per heavy atom. The second kappa shape index (κ2) is 5.82. The van der Waals surface area contributed by atoms with Gasteiger partial charge in [-0.05, 0) is 42.0 Å². The lowest BCUT2D eigenvalue weighted by atomic mass is 9.95. The van der Waals surface area contributed by atoms with Gasteiger partial charge in [-0.2, -0.15) is 0 Å². The number of nitrogens with zero attached hydrogens (tertiary/aromatic N) is 1. The van der Waals surface area contributed by atoms with Gasteiger partial charge in [0.2, 0.25) is 0 Å². The summed E-state index contributed by atoms with van der Waals surface area (Å²) in [7, 11) is 0. The van der Waals surface area contributed by atoms with Gasteiger partial charge in [-0.15, -0.1) is 0 Å². The topological polar surface area (TPSA) is 46.3 Å². The molecular weight excluding hydrogens is 284 g/mol. The van der Waals surface area contributed by atoms with Gasteiger partial charge in [0.05, 0.1) is 0 Å². The van der Waals surface area contributed by atoms with Crippen LogP contribution in [-0.4, -0.2) is 29.9 Å². The summed E-state index contributed by atoms with van der Waals surface area (Å²) in [5, 5.41) is 0. The summed E-state index contributed by atoms with van der Waals surface area (Å²) in [6.45, 7) is 1.36. The second-order valence-electron chi connectivity index (χ2n) is 6.69. The zero-order chi connectivity index (χ0) is 15.8. The SMILES string of the molecule is N[C@@H]1CN(C(=O)c2cccc3c2CCC3)C[C@H]1c1ccccc1. The lowest BCUT2D eigenvalue weighted by molar-refractivity contribution is 0.0788. The maximum atomic E-state index is 13.0. The first kappa shape index (κ1) is 14.5. The summed E-state index contributed by atoms with van der Waals surface area (Å²) in [6.07, 6.45) is 3.29. The number of amides is 1. The molecule has 118 valence electrons. The van der Waals surface area contributed by atoms with Crippen molar-refractivity contribution in [2.24, 2.45) is 5.73 Å². The second-order valence-corrected chi connectivity index (χ2v) is 6.69. The summed E-state index contributed by atoms with van der Waals surface area (Å²) in [4.78, 5) is 14.9. The minimum absolute atomic E-state index is 0.0121. The van der Waals surface area contributed by atoms with Crippen LogP contribution in [0.1, 0.15) is 39.4 Å². The molecule has 3 nitrogen and oxygen atoms in total. The van der Waals surface area contributed by atoms with Crippen LogP contribution in [0.15, 0.2) is 48.5 Å².